The maximum absolute atomic E-state index is 14.5. The van der Waals surface area contributed by atoms with Gasteiger partial charge in [-0.15, -0.1) is 0 Å². The first-order chi connectivity index (χ1) is 27.7. The highest BCUT2D eigenvalue weighted by molar-refractivity contribution is 5.98. The van der Waals surface area contributed by atoms with Crippen LogP contribution in [0.4, 0.5) is 19.3 Å². The van der Waals surface area contributed by atoms with Crippen LogP contribution in [0.2, 0.25) is 0 Å². The van der Waals surface area contributed by atoms with Crippen molar-refractivity contribution in [3.05, 3.63) is 65.2 Å². The number of nitrogens with zero attached hydrogens (tertiary/aromatic N) is 3. The van der Waals surface area contributed by atoms with Crippen LogP contribution in [-0.2, 0) is 46.3 Å². The van der Waals surface area contributed by atoms with Crippen molar-refractivity contribution in [3.8, 4) is 0 Å². The highest BCUT2D eigenvalue weighted by atomic mass is 19.1. The lowest BCUT2D eigenvalue weighted by molar-refractivity contribution is -0.158. The first kappa shape index (κ1) is 42.0. The summed E-state index contributed by atoms with van der Waals surface area (Å²) in [4.78, 5) is 101. The van der Waals surface area contributed by atoms with Crippen LogP contribution in [0.3, 0.4) is 0 Å². The van der Waals surface area contributed by atoms with Gasteiger partial charge in [-0.05, 0) is 93.2 Å². The van der Waals surface area contributed by atoms with Gasteiger partial charge in [-0.3, -0.25) is 24.0 Å². The average molecular weight is 808 g/mol. The highest BCUT2D eigenvalue weighted by Gasteiger charge is 2.46. The van der Waals surface area contributed by atoms with Gasteiger partial charge in [0.2, 0.25) is 29.5 Å². The Morgan fingerprint density at radius 2 is 1.50 bits per heavy atom. The summed E-state index contributed by atoms with van der Waals surface area (Å²) < 4.78 is 34.3. The molecule has 0 aliphatic carbocycles. The molecular formula is C41H51F2N7O8. The maximum Gasteiger partial charge on any atom is 0.328 e. The van der Waals surface area contributed by atoms with E-state index in [1.165, 1.54) is 21.6 Å². The summed E-state index contributed by atoms with van der Waals surface area (Å²) in [6.07, 6.45) is 2.98. The van der Waals surface area contributed by atoms with Crippen molar-refractivity contribution in [1.29, 1.82) is 0 Å². The highest BCUT2D eigenvalue weighted by Crippen LogP contribution is 2.28. The van der Waals surface area contributed by atoms with Crippen molar-refractivity contribution in [3.63, 3.8) is 0 Å². The Labute approximate surface area is 335 Å². The Morgan fingerprint density at radius 3 is 2.21 bits per heavy atom. The number of cyclic esters (lactones) is 1. The van der Waals surface area contributed by atoms with E-state index in [9.17, 15) is 42.3 Å². The van der Waals surface area contributed by atoms with Crippen LogP contribution >= 0.6 is 0 Å². The number of rotatable bonds is 7. The van der Waals surface area contributed by atoms with Gasteiger partial charge in [-0.1, -0.05) is 26.0 Å². The van der Waals surface area contributed by atoms with E-state index in [1.54, 1.807) is 12.1 Å². The molecule has 4 aliphatic rings. The monoisotopic (exact) mass is 807 g/mol. The van der Waals surface area contributed by atoms with Gasteiger partial charge in [-0.2, -0.15) is 0 Å². The lowest BCUT2D eigenvalue weighted by atomic mass is 9.99. The molecular weight excluding hydrogens is 756 g/mol. The minimum absolute atomic E-state index is 0.0284. The van der Waals surface area contributed by atoms with Crippen LogP contribution in [0.15, 0.2) is 42.5 Å². The number of esters is 1. The third-order valence-electron chi connectivity index (χ3n) is 11.3. The van der Waals surface area contributed by atoms with E-state index in [4.69, 9.17) is 4.74 Å². The third-order valence-corrected chi connectivity index (χ3v) is 11.3. The Hall–Kier alpha value is -5.61. The summed E-state index contributed by atoms with van der Waals surface area (Å²) in [5.74, 6) is -5.91. The molecule has 4 fully saturated rings. The molecule has 4 N–H and O–H groups in total. The first-order valence-electron chi connectivity index (χ1n) is 20.0. The van der Waals surface area contributed by atoms with Crippen molar-refractivity contribution < 1.29 is 47.1 Å². The smallest absolute Gasteiger partial charge is 0.328 e. The number of hydrogen-bond acceptors (Lipinski definition) is 8. The number of benzene rings is 2. The second kappa shape index (κ2) is 18.3. The number of aryl methyl sites for hydroxylation is 1. The van der Waals surface area contributed by atoms with E-state index in [2.05, 4.69) is 21.3 Å². The molecule has 0 radical (unpaired) electrons. The maximum atomic E-state index is 14.5. The predicted molar refractivity (Wildman–Crippen MR) is 206 cm³/mol. The number of carbonyl (C=O) groups excluding carboxylic acids is 7. The van der Waals surface area contributed by atoms with Gasteiger partial charge >= 0.3 is 12.0 Å². The van der Waals surface area contributed by atoms with Crippen molar-refractivity contribution in [2.75, 3.05) is 31.6 Å². The molecule has 4 saturated heterocycles. The molecule has 2 aromatic rings. The number of nitrogens with one attached hydrogen (secondary N) is 4. The van der Waals surface area contributed by atoms with Crippen molar-refractivity contribution >= 4 is 47.2 Å². The minimum Gasteiger partial charge on any atom is -0.461 e. The van der Waals surface area contributed by atoms with Crippen LogP contribution in [0.5, 0.6) is 0 Å². The van der Waals surface area contributed by atoms with Crippen LogP contribution < -0.4 is 21.3 Å². The molecule has 0 aromatic heterocycles. The molecule has 0 saturated carbocycles. The Bertz CT molecular complexity index is 1890. The number of carbonyl (C=O) groups is 7. The Balaban J connectivity index is 1.31. The second-order valence-corrected chi connectivity index (χ2v) is 15.7. The molecule has 15 nitrogen and oxygen atoms in total. The second-order valence-electron chi connectivity index (χ2n) is 15.7. The van der Waals surface area contributed by atoms with Gasteiger partial charge in [0.05, 0.1) is 0 Å². The minimum atomic E-state index is -1.58. The lowest BCUT2D eigenvalue weighted by Crippen LogP contribution is -2.62. The van der Waals surface area contributed by atoms with Crippen LogP contribution in [0.25, 0.3) is 0 Å². The van der Waals surface area contributed by atoms with Crippen LogP contribution in [0.1, 0.15) is 70.4 Å². The molecule has 312 valence electrons. The van der Waals surface area contributed by atoms with Crippen molar-refractivity contribution in [2.45, 2.75) is 108 Å². The zero-order chi connectivity index (χ0) is 41.7. The molecule has 0 spiro atoms. The summed E-state index contributed by atoms with van der Waals surface area (Å²) in [5, 5.41) is 10.5. The fourth-order valence-corrected chi connectivity index (χ4v) is 8.31. The van der Waals surface area contributed by atoms with E-state index in [0.29, 0.717) is 37.4 Å². The van der Waals surface area contributed by atoms with E-state index in [-0.39, 0.29) is 44.0 Å². The van der Waals surface area contributed by atoms with Crippen LogP contribution in [0, 0.1) is 17.6 Å². The molecule has 0 bridgehead atoms. The first-order valence-corrected chi connectivity index (χ1v) is 20.0. The Morgan fingerprint density at radius 1 is 0.828 bits per heavy atom. The number of fused-ring (bicyclic) bond motifs is 3. The summed E-state index contributed by atoms with van der Waals surface area (Å²) in [5.41, 5.74) is 1.46. The number of anilines is 1. The van der Waals surface area contributed by atoms with Gasteiger partial charge in [-0.25, -0.2) is 18.4 Å². The number of urea groups is 1. The number of amides is 7. The lowest BCUT2D eigenvalue weighted by Gasteiger charge is -2.39. The Kier molecular flexibility index (Phi) is 13.3. The summed E-state index contributed by atoms with van der Waals surface area (Å²) in [7, 11) is 0. The summed E-state index contributed by atoms with van der Waals surface area (Å²) in [6, 6.07) is 1.82. The van der Waals surface area contributed by atoms with Gasteiger partial charge in [0.15, 0.2) is 0 Å². The van der Waals surface area contributed by atoms with E-state index in [0.717, 1.165) is 24.1 Å². The van der Waals surface area contributed by atoms with Gasteiger partial charge < -0.3 is 40.7 Å². The molecule has 4 aliphatic heterocycles. The number of ether oxygens (including phenoxy) is 1. The zero-order valence-electron chi connectivity index (χ0n) is 32.9. The molecule has 7 amide bonds. The summed E-state index contributed by atoms with van der Waals surface area (Å²) in [6.45, 7) is 5.27. The quantitative estimate of drug-likeness (QED) is 0.308. The zero-order valence-corrected chi connectivity index (χ0v) is 32.9. The topological polar surface area (TPSA) is 187 Å². The van der Waals surface area contributed by atoms with E-state index in [1.807, 2.05) is 26.0 Å². The van der Waals surface area contributed by atoms with Gasteiger partial charge in [0, 0.05) is 37.8 Å². The predicted octanol–water partition coefficient (Wildman–Crippen LogP) is 2.42. The van der Waals surface area contributed by atoms with Crippen molar-refractivity contribution in [2.24, 2.45) is 5.92 Å². The summed E-state index contributed by atoms with van der Waals surface area (Å²) >= 11 is 0. The van der Waals surface area contributed by atoms with Gasteiger partial charge in [0.1, 0.15) is 54.5 Å². The van der Waals surface area contributed by atoms with E-state index >= 15 is 0 Å². The molecule has 4 heterocycles. The fourth-order valence-electron chi connectivity index (χ4n) is 8.31. The number of piperidine rings is 1. The standard InChI is InChI=1S/C41H51F2N7O8/c1-4-25-10-12-29(13-11-25)45-41(57)47-30(19-26-17-27(42)20-28(43)18-26)35(51)46-31-22-58-40(56)34-16-23(2)21-50(34)37(53)24(3)44-36(52)32-8-5-6-14-48(32)39(55)33-9-7-15-49(33)38(31)54/h10-13,17-18,20,23-24,30-34H,4-9,14-16,19,21-22H2,1-3H3,(H,44,52)(H,46,51)(H2,45,47,57)/t23-,24-,30-,31-,32-,33-,34-/m0/s1. The van der Waals surface area contributed by atoms with Crippen molar-refractivity contribution in [1.82, 2.24) is 30.7 Å². The number of hydrogen-bond donors (Lipinski definition) is 4. The molecule has 0 unspecified atom stereocenters. The van der Waals surface area contributed by atoms with Gasteiger partial charge in [0.25, 0.3) is 0 Å². The fraction of sp³-hybridized carbons (Fsp3) is 0.537. The molecule has 2 aromatic carbocycles. The normalized spacial score (nSPS) is 26.2. The largest absolute Gasteiger partial charge is 0.461 e. The SMILES string of the molecule is CCc1ccc(NC(=O)N[C@@H](Cc2cc(F)cc(F)c2)C(=O)N[C@H]2COC(=O)[C@@H]3C[C@H](C)CN3C(=O)[C@H](C)NC(=O)[C@@H]3CCCCN3C(=O)[C@@H]3CCCN3C2=O)cc1. The molecule has 6 rings (SSSR count). The molecule has 17 heteroatoms. The van der Waals surface area contributed by atoms with E-state index < -0.39 is 102 Å². The number of halogens is 2. The average Bonchev–Trinajstić information content (AvgIpc) is 3.85. The third kappa shape index (κ3) is 9.73. The molecule has 58 heavy (non-hydrogen) atoms. The molecule has 7 atom stereocenters. The van der Waals surface area contributed by atoms with Crippen LogP contribution in [-0.4, -0.2) is 119 Å².